The number of unbranched alkanes of at least 4 members (excludes halogenated alkanes) is 16. The molecule has 2 heteroatoms. The molecule has 0 aliphatic carbocycles. The molecule has 0 atom stereocenters. The standard InChI is InChI=1S/C27H49N.ClH/c1-28(2)26-22-17-15-13-11-9-7-5-3-4-6-8-10-12-14-16-19-23-27-24-20-18-21-25-27;/h18,20-21,24-25H,3-17,19,22-23,26H2,1-2H3;1H. The van der Waals surface area contributed by atoms with Crippen LogP contribution in [-0.4, -0.2) is 25.5 Å². The molecular formula is C27H50ClN. The Morgan fingerprint density at radius 3 is 1.21 bits per heavy atom. The van der Waals surface area contributed by atoms with Gasteiger partial charge in [-0.05, 0) is 45.5 Å². The van der Waals surface area contributed by atoms with E-state index in [0.717, 1.165) is 0 Å². The van der Waals surface area contributed by atoms with Gasteiger partial charge in [-0.1, -0.05) is 127 Å². The highest BCUT2D eigenvalue weighted by molar-refractivity contribution is 5.85. The smallest absolute Gasteiger partial charge is 0.00248 e. The molecule has 0 aliphatic rings. The van der Waals surface area contributed by atoms with E-state index in [-0.39, 0.29) is 12.4 Å². The minimum absolute atomic E-state index is 0. The van der Waals surface area contributed by atoms with Crippen LogP contribution in [0.3, 0.4) is 0 Å². The predicted octanol–water partition coefficient (Wildman–Crippen LogP) is 8.84. The topological polar surface area (TPSA) is 3.24 Å². The summed E-state index contributed by atoms with van der Waals surface area (Å²) < 4.78 is 0. The summed E-state index contributed by atoms with van der Waals surface area (Å²) in [6.45, 7) is 1.26. The molecule has 0 aliphatic heterocycles. The first kappa shape index (κ1) is 28.5. The molecule has 0 unspecified atom stereocenters. The lowest BCUT2D eigenvalue weighted by Crippen LogP contribution is -2.12. The highest BCUT2D eigenvalue weighted by Gasteiger charge is 1.96. The fraction of sp³-hybridized carbons (Fsp3) is 0.778. The highest BCUT2D eigenvalue weighted by Crippen LogP contribution is 2.14. The molecule has 0 bridgehead atoms. The average molecular weight is 424 g/mol. The number of hydrogen-bond acceptors (Lipinski definition) is 1. The molecule has 0 fully saturated rings. The van der Waals surface area contributed by atoms with Crippen molar-refractivity contribution in [2.75, 3.05) is 20.6 Å². The quantitative estimate of drug-likeness (QED) is 0.189. The third-order valence-electron chi connectivity index (χ3n) is 5.91. The van der Waals surface area contributed by atoms with E-state index in [1.54, 1.807) is 0 Å². The van der Waals surface area contributed by atoms with Crippen molar-refractivity contribution in [3.63, 3.8) is 0 Å². The minimum Gasteiger partial charge on any atom is -0.309 e. The zero-order chi connectivity index (χ0) is 20.1. The van der Waals surface area contributed by atoms with Gasteiger partial charge in [-0.15, -0.1) is 12.4 Å². The van der Waals surface area contributed by atoms with E-state index < -0.39 is 0 Å². The molecule has 0 aromatic heterocycles. The molecule has 0 amide bonds. The maximum absolute atomic E-state index is 2.30. The molecule has 1 aromatic rings. The van der Waals surface area contributed by atoms with Crippen LogP contribution in [0.5, 0.6) is 0 Å². The van der Waals surface area contributed by atoms with E-state index in [2.05, 4.69) is 49.3 Å². The third-order valence-corrected chi connectivity index (χ3v) is 5.91. The molecule has 0 heterocycles. The molecule has 29 heavy (non-hydrogen) atoms. The second-order valence-electron chi connectivity index (χ2n) is 9.05. The third kappa shape index (κ3) is 20.5. The lowest BCUT2D eigenvalue weighted by Gasteiger charge is -2.08. The number of aryl methyl sites for hydroxylation is 1. The van der Waals surface area contributed by atoms with Crippen molar-refractivity contribution in [1.82, 2.24) is 4.90 Å². The molecule has 0 saturated carbocycles. The van der Waals surface area contributed by atoms with Gasteiger partial charge in [-0.3, -0.25) is 0 Å². The Balaban J connectivity index is 0.00000784. The summed E-state index contributed by atoms with van der Waals surface area (Å²) in [5.41, 5.74) is 1.50. The van der Waals surface area contributed by atoms with Gasteiger partial charge in [-0.2, -0.15) is 0 Å². The minimum atomic E-state index is 0. The van der Waals surface area contributed by atoms with Gasteiger partial charge in [0.25, 0.3) is 0 Å². The summed E-state index contributed by atoms with van der Waals surface area (Å²) in [5.74, 6) is 0. The van der Waals surface area contributed by atoms with Crippen LogP contribution in [0.2, 0.25) is 0 Å². The number of benzene rings is 1. The first-order chi connectivity index (χ1) is 13.8. The lowest BCUT2D eigenvalue weighted by atomic mass is 10.0. The molecule has 1 nitrogen and oxygen atoms in total. The maximum atomic E-state index is 2.30. The molecule has 0 radical (unpaired) electrons. The van der Waals surface area contributed by atoms with Crippen molar-refractivity contribution in [2.45, 2.75) is 116 Å². The van der Waals surface area contributed by atoms with E-state index in [4.69, 9.17) is 0 Å². The summed E-state index contributed by atoms with van der Waals surface area (Å²) in [5, 5.41) is 0. The van der Waals surface area contributed by atoms with E-state index in [0.29, 0.717) is 0 Å². The van der Waals surface area contributed by atoms with Crippen molar-refractivity contribution in [2.24, 2.45) is 0 Å². The van der Waals surface area contributed by atoms with Gasteiger partial charge in [0, 0.05) is 0 Å². The number of hydrogen-bond donors (Lipinski definition) is 0. The van der Waals surface area contributed by atoms with Crippen LogP contribution in [0.4, 0.5) is 0 Å². The zero-order valence-corrected chi connectivity index (χ0v) is 20.5. The number of halogens is 1. The second-order valence-corrected chi connectivity index (χ2v) is 9.05. The summed E-state index contributed by atoms with van der Waals surface area (Å²) in [7, 11) is 4.35. The van der Waals surface area contributed by atoms with Crippen molar-refractivity contribution in [3.05, 3.63) is 35.9 Å². The van der Waals surface area contributed by atoms with Crippen molar-refractivity contribution in [1.29, 1.82) is 0 Å². The monoisotopic (exact) mass is 423 g/mol. The van der Waals surface area contributed by atoms with Crippen LogP contribution in [0, 0.1) is 0 Å². The van der Waals surface area contributed by atoms with Crippen molar-refractivity contribution < 1.29 is 0 Å². The normalized spacial score (nSPS) is 11.0. The first-order valence-corrected chi connectivity index (χ1v) is 12.5. The van der Waals surface area contributed by atoms with E-state index in [1.807, 2.05) is 0 Å². The average Bonchev–Trinajstić information content (AvgIpc) is 2.70. The summed E-state index contributed by atoms with van der Waals surface area (Å²) in [6, 6.07) is 10.9. The Morgan fingerprint density at radius 2 is 0.828 bits per heavy atom. The Kier molecular flexibility index (Phi) is 21.8. The van der Waals surface area contributed by atoms with Crippen molar-refractivity contribution in [3.8, 4) is 0 Å². The van der Waals surface area contributed by atoms with E-state index in [9.17, 15) is 0 Å². The molecule has 0 N–H and O–H groups in total. The van der Waals surface area contributed by atoms with Crippen LogP contribution in [0.1, 0.15) is 115 Å². The van der Waals surface area contributed by atoms with E-state index in [1.165, 1.54) is 128 Å². The van der Waals surface area contributed by atoms with Gasteiger partial charge in [0.05, 0.1) is 0 Å². The molecule has 0 spiro atoms. The Morgan fingerprint density at radius 1 is 0.483 bits per heavy atom. The summed E-state index contributed by atoms with van der Waals surface area (Å²) in [4.78, 5) is 2.30. The molecule has 0 saturated heterocycles. The van der Waals surface area contributed by atoms with Crippen molar-refractivity contribution >= 4 is 12.4 Å². The fourth-order valence-corrected chi connectivity index (χ4v) is 4.05. The van der Waals surface area contributed by atoms with Gasteiger partial charge < -0.3 is 4.90 Å². The Labute approximate surface area is 189 Å². The molecule has 170 valence electrons. The zero-order valence-electron chi connectivity index (χ0n) is 19.7. The molecule has 1 rings (SSSR count). The number of nitrogens with zero attached hydrogens (tertiary/aromatic N) is 1. The Hall–Kier alpha value is -0.530. The fourth-order valence-electron chi connectivity index (χ4n) is 4.05. The second kappa shape index (κ2) is 22.2. The summed E-state index contributed by atoms with van der Waals surface area (Å²) >= 11 is 0. The summed E-state index contributed by atoms with van der Waals surface area (Å²) in [6.07, 6.45) is 25.8. The van der Waals surface area contributed by atoms with Gasteiger partial charge in [-0.25, -0.2) is 0 Å². The molecular weight excluding hydrogens is 374 g/mol. The van der Waals surface area contributed by atoms with Gasteiger partial charge >= 0.3 is 0 Å². The first-order valence-electron chi connectivity index (χ1n) is 12.5. The van der Waals surface area contributed by atoms with Gasteiger partial charge in [0.2, 0.25) is 0 Å². The number of rotatable bonds is 20. The lowest BCUT2D eigenvalue weighted by molar-refractivity contribution is 0.389. The van der Waals surface area contributed by atoms with Crippen LogP contribution in [0.25, 0.3) is 0 Å². The van der Waals surface area contributed by atoms with Crippen LogP contribution >= 0.6 is 12.4 Å². The SMILES string of the molecule is CN(C)CCCCCCCCCCCCCCCCCCCc1ccccc1.Cl. The highest BCUT2D eigenvalue weighted by atomic mass is 35.5. The van der Waals surface area contributed by atoms with E-state index >= 15 is 0 Å². The largest absolute Gasteiger partial charge is 0.309 e. The Bertz CT molecular complexity index is 418. The van der Waals surface area contributed by atoms with Crippen LogP contribution in [0.15, 0.2) is 30.3 Å². The van der Waals surface area contributed by atoms with Crippen LogP contribution < -0.4 is 0 Å². The molecule has 1 aromatic carbocycles. The predicted molar refractivity (Wildman–Crippen MR) is 134 cm³/mol. The van der Waals surface area contributed by atoms with Gasteiger partial charge in [0.1, 0.15) is 0 Å². The maximum Gasteiger partial charge on any atom is -0.00248 e. The van der Waals surface area contributed by atoms with Gasteiger partial charge in [0.15, 0.2) is 0 Å². The van der Waals surface area contributed by atoms with Crippen LogP contribution in [-0.2, 0) is 6.42 Å².